The highest BCUT2D eigenvalue weighted by atomic mass is 32.2. The second-order valence-electron chi connectivity index (χ2n) is 4.33. The van der Waals surface area contributed by atoms with E-state index >= 15 is 0 Å². The second-order valence-corrected chi connectivity index (χ2v) is 5.34. The first-order chi connectivity index (χ1) is 7.09. The fourth-order valence-corrected chi connectivity index (χ4v) is 2.42. The van der Waals surface area contributed by atoms with Crippen molar-refractivity contribution in [3.8, 4) is 0 Å². The van der Waals surface area contributed by atoms with Gasteiger partial charge in [0.1, 0.15) is 0 Å². The minimum absolute atomic E-state index is 0.302. The van der Waals surface area contributed by atoms with Crippen LogP contribution in [0.1, 0.15) is 27.7 Å². The van der Waals surface area contributed by atoms with Crippen LogP contribution in [0.25, 0.3) is 0 Å². The number of rotatable bonds is 4. The monoisotopic (exact) mass is 230 g/mol. The van der Waals surface area contributed by atoms with Gasteiger partial charge in [0.25, 0.3) is 0 Å². The summed E-state index contributed by atoms with van der Waals surface area (Å²) in [4.78, 5) is 4.48. The van der Waals surface area contributed by atoms with Gasteiger partial charge in [-0.1, -0.05) is 18.7 Å². The van der Waals surface area contributed by atoms with Crippen LogP contribution in [0.2, 0.25) is 0 Å². The molecule has 1 heterocycles. The molecule has 1 aliphatic rings. The number of hydrogen-bond acceptors (Lipinski definition) is 3. The molecule has 88 valence electrons. The van der Waals surface area contributed by atoms with Gasteiger partial charge in [0.2, 0.25) is 0 Å². The van der Waals surface area contributed by atoms with Gasteiger partial charge in [0, 0.05) is 11.8 Å². The molecule has 0 aromatic carbocycles. The fourth-order valence-electron chi connectivity index (χ4n) is 1.26. The van der Waals surface area contributed by atoms with Crippen molar-refractivity contribution in [2.45, 2.75) is 39.8 Å². The van der Waals surface area contributed by atoms with Crippen LogP contribution >= 0.6 is 11.8 Å². The topological polar surface area (TPSA) is 33.6 Å². The third-order valence-corrected chi connectivity index (χ3v) is 3.70. The first-order valence-electron chi connectivity index (χ1n) is 5.65. The van der Waals surface area contributed by atoms with Gasteiger partial charge in [-0.25, -0.2) is 0 Å². The zero-order valence-electron chi connectivity index (χ0n) is 10.1. The van der Waals surface area contributed by atoms with E-state index in [2.05, 4.69) is 24.2 Å². The molecular formula is C11H22N2OS. The zero-order valence-corrected chi connectivity index (χ0v) is 10.9. The lowest BCUT2D eigenvalue weighted by molar-refractivity contribution is 0.0853. The van der Waals surface area contributed by atoms with Gasteiger partial charge in [-0.2, -0.15) is 0 Å². The Morgan fingerprint density at radius 3 is 2.87 bits per heavy atom. The third kappa shape index (κ3) is 4.89. The highest BCUT2D eigenvalue weighted by molar-refractivity contribution is 8.13. The Hall–Kier alpha value is -0.220. The maximum absolute atomic E-state index is 5.44. The van der Waals surface area contributed by atoms with Crippen LogP contribution in [-0.4, -0.2) is 36.2 Å². The normalized spacial score (nSPS) is 29.5. The summed E-state index contributed by atoms with van der Waals surface area (Å²) < 4.78 is 5.44. The van der Waals surface area contributed by atoms with Gasteiger partial charge in [0.15, 0.2) is 5.17 Å². The molecule has 3 nitrogen and oxygen atoms in total. The molecule has 0 amide bonds. The summed E-state index contributed by atoms with van der Waals surface area (Å²) in [5, 5.41) is 4.49. The zero-order chi connectivity index (χ0) is 11.3. The van der Waals surface area contributed by atoms with Crippen molar-refractivity contribution in [1.29, 1.82) is 0 Å². The van der Waals surface area contributed by atoms with Crippen LogP contribution in [-0.2, 0) is 4.74 Å². The lowest BCUT2D eigenvalue weighted by Gasteiger charge is -2.28. The Morgan fingerprint density at radius 2 is 2.27 bits per heavy atom. The van der Waals surface area contributed by atoms with Crippen molar-refractivity contribution < 1.29 is 4.74 Å². The average molecular weight is 230 g/mol. The molecule has 1 rings (SSSR count). The molecule has 0 saturated carbocycles. The average Bonchev–Trinajstić information content (AvgIpc) is 2.18. The molecule has 0 spiro atoms. The molecule has 4 heteroatoms. The first kappa shape index (κ1) is 12.8. The van der Waals surface area contributed by atoms with Gasteiger partial charge < -0.3 is 10.1 Å². The summed E-state index contributed by atoms with van der Waals surface area (Å²) in [5.74, 6) is 1.89. The molecule has 0 aromatic heterocycles. The Labute approximate surface area is 97.1 Å². The predicted octanol–water partition coefficient (Wildman–Crippen LogP) is 2.13. The highest BCUT2D eigenvalue weighted by Gasteiger charge is 2.20. The lowest BCUT2D eigenvalue weighted by atomic mass is 10.1. The van der Waals surface area contributed by atoms with E-state index in [0.717, 1.165) is 23.4 Å². The number of nitrogens with one attached hydrogen (secondary N) is 1. The maximum atomic E-state index is 5.44. The molecule has 15 heavy (non-hydrogen) atoms. The van der Waals surface area contributed by atoms with Crippen LogP contribution in [0.15, 0.2) is 4.99 Å². The van der Waals surface area contributed by atoms with Gasteiger partial charge in [-0.3, -0.25) is 4.99 Å². The largest absolute Gasteiger partial charge is 0.377 e. The number of nitrogens with zero attached hydrogens (tertiary/aromatic N) is 1. The number of amidine groups is 1. The van der Waals surface area contributed by atoms with Gasteiger partial charge in [-0.15, -0.1) is 0 Å². The van der Waals surface area contributed by atoms with Crippen molar-refractivity contribution in [3.05, 3.63) is 0 Å². The highest BCUT2D eigenvalue weighted by Crippen LogP contribution is 2.18. The Balaban J connectivity index is 2.22. The molecular weight excluding hydrogens is 208 g/mol. The van der Waals surface area contributed by atoms with Gasteiger partial charge in [-0.05, 0) is 26.7 Å². The Morgan fingerprint density at radius 1 is 1.53 bits per heavy atom. The van der Waals surface area contributed by atoms with E-state index in [1.807, 2.05) is 25.6 Å². The predicted molar refractivity (Wildman–Crippen MR) is 67.6 cm³/mol. The van der Waals surface area contributed by atoms with Crippen LogP contribution in [0.3, 0.4) is 0 Å². The fraction of sp³-hybridized carbons (Fsp3) is 0.909. The van der Waals surface area contributed by atoms with E-state index in [-0.39, 0.29) is 0 Å². The molecule has 1 aliphatic heterocycles. The molecule has 0 bridgehead atoms. The summed E-state index contributed by atoms with van der Waals surface area (Å²) in [6, 6.07) is 0.538. The minimum Gasteiger partial charge on any atom is -0.377 e. The van der Waals surface area contributed by atoms with E-state index in [0.29, 0.717) is 18.8 Å². The van der Waals surface area contributed by atoms with E-state index in [1.54, 1.807) is 0 Å². The Bertz CT molecular complexity index is 219. The van der Waals surface area contributed by atoms with Crippen molar-refractivity contribution >= 4 is 16.9 Å². The van der Waals surface area contributed by atoms with E-state index in [4.69, 9.17) is 4.74 Å². The van der Waals surface area contributed by atoms with Crippen molar-refractivity contribution in [3.63, 3.8) is 0 Å². The van der Waals surface area contributed by atoms with Gasteiger partial charge in [0.05, 0.1) is 19.3 Å². The van der Waals surface area contributed by atoms with E-state index in [1.165, 1.54) is 0 Å². The summed E-state index contributed by atoms with van der Waals surface area (Å²) in [5.41, 5.74) is 0. The number of hydrogen-bond donors (Lipinski definition) is 1. The summed E-state index contributed by atoms with van der Waals surface area (Å²) in [6.07, 6.45) is 0.302. The summed E-state index contributed by atoms with van der Waals surface area (Å²) >= 11 is 1.82. The quantitative estimate of drug-likeness (QED) is 0.751. The van der Waals surface area contributed by atoms with Crippen LogP contribution in [0.4, 0.5) is 0 Å². The summed E-state index contributed by atoms with van der Waals surface area (Å²) in [6.45, 7) is 10.0. The Kier molecular flexibility index (Phi) is 5.47. The van der Waals surface area contributed by atoms with Crippen LogP contribution in [0, 0.1) is 5.92 Å². The third-order valence-electron chi connectivity index (χ3n) is 2.49. The molecule has 0 aliphatic carbocycles. The molecule has 0 aromatic rings. The maximum Gasteiger partial charge on any atom is 0.156 e. The first-order valence-corrected chi connectivity index (χ1v) is 6.63. The van der Waals surface area contributed by atoms with Crippen molar-refractivity contribution in [2.24, 2.45) is 10.9 Å². The second kappa shape index (κ2) is 6.38. The number of ether oxygens (including phenoxy) is 1. The van der Waals surface area contributed by atoms with Crippen LogP contribution in [0.5, 0.6) is 0 Å². The lowest BCUT2D eigenvalue weighted by Crippen LogP contribution is -2.41. The van der Waals surface area contributed by atoms with Gasteiger partial charge >= 0.3 is 0 Å². The van der Waals surface area contributed by atoms with Crippen molar-refractivity contribution in [1.82, 2.24) is 5.32 Å². The van der Waals surface area contributed by atoms with Crippen molar-refractivity contribution in [2.75, 3.05) is 18.9 Å². The SMILES string of the molecule is CC(C)OCCN=C1NC(C)C(C)CS1. The smallest absolute Gasteiger partial charge is 0.156 e. The molecule has 1 N–H and O–H groups in total. The van der Waals surface area contributed by atoms with Crippen LogP contribution < -0.4 is 5.32 Å². The summed E-state index contributed by atoms with van der Waals surface area (Å²) in [7, 11) is 0. The number of thioether (sulfide) groups is 1. The molecule has 1 fully saturated rings. The number of aliphatic imine (C=N–C) groups is 1. The minimum atomic E-state index is 0.302. The molecule has 2 atom stereocenters. The molecule has 2 unspecified atom stereocenters. The standard InChI is InChI=1S/C11H22N2OS/c1-8(2)14-6-5-12-11-13-10(4)9(3)7-15-11/h8-10H,5-7H2,1-4H3,(H,12,13). The molecule has 0 radical (unpaired) electrons. The van der Waals surface area contributed by atoms with E-state index in [9.17, 15) is 0 Å². The molecule has 1 saturated heterocycles. The van der Waals surface area contributed by atoms with E-state index < -0.39 is 0 Å².